The quantitative estimate of drug-likeness (QED) is 0.778. The van der Waals surface area contributed by atoms with E-state index >= 15 is 0 Å². The summed E-state index contributed by atoms with van der Waals surface area (Å²) in [7, 11) is 0. The molecule has 1 aliphatic carbocycles. The minimum atomic E-state index is 0.00632. The SMILES string of the molecule is CC(C)c1nnc(SCC(=O)NC(C)c2ccccc2)n1C1CC1. The largest absolute Gasteiger partial charge is 0.349 e. The molecule has 1 unspecified atom stereocenters. The van der Waals surface area contributed by atoms with E-state index in [9.17, 15) is 4.79 Å². The number of carbonyl (C=O) groups excluding carboxylic acids is 1. The minimum absolute atomic E-state index is 0.00632. The fraction of sp³-hybridized carbons (Fsp3) is 0.500. The molecule has 1 saturated carbocycles. The summed E-state index contributed by atoms with van der Waals surface area (Å²) in [5, 5.41) is 12.5. The molecule has 1 aromatic heterocycles. The predicted molar refractivity (Wildman–Crippen MR) is 96.1 cm³/mol. The lowest BCUT2D eigenvalue weighted by Gasteiger charge is -2.14. The summed E-state index contributed by atoms with van der Waals surface area (Å²) < 4.78 is 2.23. The van der Waals surface area contributed by atoms with Crippen LogP contribution in [0.25, 0.3) is 0 Å². The molecule has 0 aliphatic heterocycles. The van der Waals surface area contributed by atoms with Gasteiger partial charge in [-0.15, -0.1) is 10.2 Å². The van der Waals surface area contributed by atoms with Crippen LogP contribution in [-0.2, 0) is 4.79 Å². The third-order valence-corrected chi connectivity index (χ3v) is 5.07. The molecule has 5 nitrogen and oxygen atoms in total. The molecule has 128 valence electrons. The van der Waals surface area contributed by atoms with Crippen molar-refractivity contribution in [1.82, 2.24) is 20.1 Å². The number of benzene rings is 1. The number of carbonyl (C=O) groups is 1. The molecule has 1 aliphatic rings. The molecule has 0 radical (unpaired) electrons. The molecule has 24 heavy (non-hydrogen) atoms. The zero-order chi connectivity index (χ0) is 17.1. The van der Waals surface area contributed by atoms with Gasteiger partial charge in [-0.1, -0.05) is 55.9 Å². The first-order valence-electron chi connectivity index (χ1n) is 8.48. The van der Waals surface area contributed by atoms with E-state index in [1.54, 1.807) is 0 Å². The van der Waals surface area contributed by atoms with Crippen molar-refractivity contribution < 1.29 is 4.79 Å². The average molecular weight is 344 g/mol. The molecule has 2 aromatic rings. The van der Waals surface area contributed by atoms with Crippen LogP contribution in [0.4, 0.5) is 0 Å². The molecule has 6 heteroatoms. The van der Waals surface area contributed by atoms with Crippen LogP contribution in [0.5, 0.6) is 0 Å². The second-order valence-electron chi connectivity index (χ2n) is 6.59. The molecule has 1 amide bonds. The molecule has 1 atom stereocenters. The minimum Gasteiger partial charge on any atom is -0.349 e. The van der Waals surface area contributed by atoms with Crippen molar-refractivity contribution in [2.45, 2.75) is 56.8 Å². The lowest BCUT2D eigenvalue weighted by atomic mass is 10.1. The van der Waals surface area contributed by atoms with Crippen molar-refractivity contribution in [1.29, 1.82) is 0 Å². The number of thioether (sulfide) groups is 1. The van der Waals surface area contributed by atoms with Gasteiger partial charge in [0.2, 0.25) is 5.91 Å². The van der Waals surface area contributed by atoms with Gasteiger partial charge in [0.25, 0.3) is 0 Å². The number of rotatable bonds is 7. The molecule has 3 rings (SSSR count). The van der Waals surface area contributed by atoms with E-state index in [4.69, 9.17) is 0 Å². The van der Waals surface area contributed by atoms with Crippen molar-refractivity contribution in [2.24, 2.45) is 0 Å². The lowest BCUT2D eigenvalue weighted by Crippen LogP contribution is -2.28. The first kappa shape index (κ1) is 17.0. The van der Waals surface area contributed by atoms with Crippen LogP contribution in [0.1, 0.15) is 63.0 Å². The number of aromatic nitrogens is 3. The fourth-order valence-electron chi connectivity index (χ4n) is 2.69. The van der Waals surface area contributed by atoms with Crippen molar-refractivity contribution in [2.75, 3.05) is 5.75 Å². The van der Waals surface area contributed by atoms with Gasteiger partial charge in [-0.2, -0.15) is 0 Å². The number of amides is 1. The van der Waals surface area contributed by atoms with E-state index in [0.29, 0.717) is 17.7 Å². The molecular formula is C18H24N4OS. The highest BCUT2D eigenvalue weighted by molar-refractivity contribution is 7.99. The van der Waals surface area contributed by atoms with Gasteiger partial charge in [0.15, 0.2) is 5.16 Å². The Morgan fingerprint density at radius 2 is 1.96 bits per heavy atom. The van der Waals surface area contributed by atoms with E-state index in [1.807, 2.05) is 37.3 Å². The van der Waals surface area contributed by atoms with Crippen molar-refractivity contribution in [3.05, 3.63) is 41.7 Å². The van der Waals surface area contributed by atoms with Crippen LogP contribution in [-0.4, -0.2) is 26.4 Å². The van der Waals surface area contributed by atoms with Crippen LogP contribution in [0.2, 0.25) is 0 Å². The van der Waals surface area contributed by atoms with Crippen LogP contribution >= 0.6 is 11.8 Å². The number of nitrogens with one attached hydrogen (secondary N) is 1. The molecular weight excluding hydrogens is 320 g/mol. The third kappa shape index (κ3) is 3.98. The Labute approximate surface area is 147 Å². The highest BCUT2D eigenvalue weighted by atomic mass is 32.2. The average Bonchev–Trinajstić information content (AvgIpc) is 3.32. The molecule has 1 fully saturated rings. The summed E-state index contributed by atoms with van der Waals surface area (Å²) in [6, 6.07) is 10.5. The highest BCUT2D eigenvalue weighted by Gasteiger charge is 2.30. The Kier molecular flexibility index (Phi) is 5.23. The van der Waals surface area contributed by atoms with Crippen molar-refractivity contribution in [3.63, 3.8) is 0 Å². The van der Waals surface area contributed by atoms with Gasteiger partial charge in [0.1, 0.15) is 5.82 Å². The fourth-order valence-corrected chi connectivity index (χ4v) is 3.52. The maximum Gasteiger partial charge on any atom is 0.230 e. The molecule has 1 aromatic carbocycles. The summed E-state index contributed by atoms with van der Waals surface area (Å²) in [4.78, 5) is 12.2. The van der Waals surface area contributed by atoms with Gasteiger partial charge in [-0.05, 0) is 25.3 Å². The van der Waals surface area contributed by atoms with E-state index in [2.05, 4.69) is 33.9 Å². The molecule has 1 N–H and O–H groups in total. The van der Waals surface area contributed by atoms with Crippen LogP contribution < -0.4 is 5.32 Å². The maximum atomic E-state index is 12.2. The van der Waals surface area contributed by atoms with Gasteiger partial charge < -0.3 is 9.88 Å². The summed E-state index contributed by atoms with van der Waals surface area (Å²) in [5.41, 5.74) is 1.11. The van der Waals surface area contributed by atoms with E-state index in [1.165, 1.54) is 24.6 Å². The summed E-state index contributed by atoms with van der Waals surface area (Å²) in [6.45, 7) is 6.26. The Balaban J connectivity index is 1.59. The second kappa shape index (κ2) is 7.38. The zero-order valence-corrected chi connectivity index (χ0v) is 15.2. The maximum absolute atomic E-state index is 12.2. The Morgan fingerprint density at radius 3 is 2.58 bits per heavy atom. The van der Waals surface area contributed by atoms with Crippen LogP contribution in [0.3, 0.4) is 0 Å². The van der Waals surface area contributed by atoms with Gasteiger partial charge in [-0.25, -0.2) is 0 Å². The summed E-state index contributed by atoms with van der Waals surface area (Å²) in [5.74, 6) is 1.75. The molecule has 0 saturated heterocycles. The van der Waals surface area contributed by atoms with E-state index < -0.39 is 0 Å². The summed E-state index contributed by atoms with van der Waals surface area (Å²) in [6.07, 6.45) is 2.37. The summed E-state index contributed by atoms with van der Waals surface area (Å²) >= 11 is 1.48. The molecule has 0 bridgehead atoms. The highest BCUT2D eigenvalue weighted by Crippen LogP contribution is 2.40. The zero-order valence-electron chi connectivity index (χ0n) is 14.4. The topological polar surface area (TPSA) is 59.8 Å². The monoisotopic (exact) mass is 344 g/mol. The second-order valence-corrected chi connectivity index (χ2v) is 7.53. The Morgan fingerprint density at radius 1 is 1.25 bits per heavy atom. The number of hydrogen-bond acceptors (Lipinski definition) is 4. The van der Waals surface area contributed by atoms with E-state index in [-0.39, 0.29) is 11.9 Å². The standard InChI is InChI=1S/C18H24N4OS/c1-12(2)17-20-21-18(22(17)15-9-10-15)24-11-16(23)19-13(3)14-7-5-4-6-8-14/h4-8,12-13,15H,9-11H2,1-3H3,(H,19,23). The smallest absolute Gasteiger partial charge is 0.230 e. The van der Waals surface area contributed by atoms with Crippen molar-refractivity contribution >= 4 is 17.7 Å². The van der Waals surface area contributed by atoms with Crippen LogP contribution in [0, 0.1) is 0 Å². The number of nitrogens with zero attached hydrogens (tertiary/aromatic N) is 3. The Bertz CT molecular complexity index is 694. The van der Waals surface area contributed by atoms with Gasteiger partial charge >= 0.3 is 0 Å². The predicted octanol–water partition coefficient (Wildman–Crippen LogP) is 3.71. The molecule has 0 spiro atoms. The normalized spacial score (nSPS) is 15.5. The Hall–Kier alpha value is -1.82. The number of hydrogen-bond donors (Lipinski definition) is 1. The van der Waals surface area contributed by atoms with Crippen molar-refractivity contribution in [3.8, 4) is 0 Å². The van der Waals surface area contributed by atoms with Gasteiger partial charge in [0.05, 0.1) is 11.8 Å². The third-order valence-electron chi connectivity index (χ3n) is 4.13. The first-order chi connectivity index (χ1) is 11.6. The van der Waals surface area contributed by atoms with Crippen LogP contribution in [0.15, 0.2) is 35.5 Å². The van der Waals surface area contributed by atoms with Gasteiger partial charge in [0, 0.05) is 12.0 Å². The molecule has 1 heterocycles. The lowest BCUT2D eigenvalue weighted by molar-refractivity contribution is -0.119. The first-order valence-corrected chi connectivity index (χ1v) is 9.46. The van der Waals surface area contributed by atoms with Gasteiger partial charge in [-0.3, -0.25) is 4.79 Å². The van der Waals surface area contributed by atoms with E-state index in [0.717, 1.165) is 16.5 Å².